The van der Waals surface area contributed by atoms with Gasteiger partial charge in [-0.3, -0.25) is 9.69 Å². The zero-order valence-corrected chi connectivity index (χ0v) is 13.6. The molecule has 1 aromatic rings. The van der Waals surface area contributed by atoms with Gasteiger partial charge in [-0.05, 0) is 44.3 Å². The maximum absolute atomic E-state index is 13.7. The summed E-state index contributed by atoms with van der Waals surface area (Å²) in [6.45, 7) is 7.44. The third kappa shape index (κ3) is 5.09. The molecule has 1 N–H and O–H groups in total. The lowest BCUT2D eigenvalue weighted by Crippen LogP contribution is -2.40. The van der Waals surface area contributed by atoms with Crippen LogP contribution in [0.5, 0.6) is 0 Å². The zero-order chi connectivity index (χ0) is 15.9. The van der Waals surface area contributed by atoms with Crippen molar-refractivity contribution < 1.29 is 9.18 Å². The van der Waals surface area contributed by atoms with Crippen LogP contribution in [0.1, 0.15) is 38.7 Å². The topological polar surface area (TPSA) is 32.3 Å². The van der Waals surface area contributed by atoms with Gasteiger partial charge in [0.25, 0.3) is 0 Å². The second kappa shape index (κ2) is 8.28. The van der Waals surface area contributed by atoms with E-state index < -0.39 is 0 Å². The van der Waals surface area contributed by atoms with Crippen LogP contribution in [0.2, 0.25) is 0 Å². The van der Waals surface area contributed by atoms with E-state index in [9.17, 15) is 9.18 Å². The molecule has 0 aliphatic carbocycles. The van der Waals surface area contributed by atoms with Gasteiger partial charge in [0.15, 0.2) is 0 Å². The number of benzene rings is 1. The van der Waals surface area contributed by atoms with Crippen molar-refractivity contribution in [3.8, 4) is 0 Å². The van der Waals surface area contributed by atoms with Crippen molar-refractivity contribution in [1.29, 1.82) is 0 Å². The highest BCUT2D eigenvalue weighted by atomic mass is 19.1. The lowest BCUT2D eigenvalue weighted by molar-refractivity contribution is -0.126. The van der Waals surface area contributed by atoms with E-state index in [-0.39, 0.29) is 17.6 Å². The number of halogens is 1. The van der Waals surface area contributed by atoms with Crippen molar-refractivity contribution in [2.75, 3.05) is 19.6 Å². The second-order valence-electron chi connectivity index (χ2n) is 6.62. The normalized spacial score (nSPS) is 16.9. The first-order valence-electron chi connectivity index (χ1n) is 8.29. The SMILES string of the molecule is CC(C)CCNC(=O)C1CCN(Cc2ccccc2F)CC1. The van der Waals surface area contributed by atoms with Gasteiger partial charge in [-0.25, -0.2) is 4.39 Å². The van der Waals surface area contributed by atoms with Crippen LogP contribution in [0.25, 0.3) is 0 Å². The van der Waals surface area contributed by atoms with Gasteiger partial charge in [0.1, 0.15) is 5.82 Å². The van der Waals surface area contributed by atoms with Crippen LogP contribution in [0.4, 0.5) is 4.39 Å². The van der Waals surface area contributed by atoms with E-state index in [0.717, 1.165) is 44.5 Å². The van der Waals surface area contributed by atoms with E-state index in [4.69, 9.17) is 0 Å². The molecule has 22 heavy (non-hydrogen) atoms. The lowest BCUT2D eigenvalue weighted by atomic mass is 9.95. The highest BCUT2D eigenvalue weighted by molar-refractivity contribution is 5.78. The predicted octanol–water partition coefficient (Wildman–Crippen LogP) is 3.20. The number of carbonyl (C=O) groups excluding carboxylic acids is 1. The van der Waals surface area contributed by atoms with Gasteiger partial charge >= 0.3 is 0 Å². The Bertz CT molecular complexity index is 482. The molecule has 1 aliphatic heterocycles. The summed E-state index contributed by atoms with van der Waals surface area (Å²) in [4.78, 5) is 14.3. The average molecular weight is 306 g/mol. The molecule has 0 atom stereocenters. The Morgan fingerprint density at radius 3 is 2.64 bits per heavy atom. The summed E-state index contributed by atoms with van der Waals surface area (Å²) < 4.78 is 13.7. The number of hydrogen-bond acceptors (Lipinski definition) is 2. The molecule has 1 amide bonds. The summed E-state index contributed by atoms with van der Waals surface area (Å²) in [5.74, 6) is 0.772. The van der Waals surface area contributed by atoms with Crippen LogP contribution in [0.3, 0.4) is 0 Å². The third-order valence-corrected chi connectivity index (χ3v) is 4.33. The van der Waals surface area contributed by atoms with Crippen LogP contribution in [0.15, 0.2) is 24.3 Å². The zero-order valence-electron chi connectivity index (χ0n) is 13.6. The van der Waals surface area contributed by atoms with Crippen molar-refractivity contribution in [2.45, 2.75) is 39.7 Å². The molecule has 1 fully saturated rings. The second-order valence-corrected chi connectivity index (χ2v) is 6.62. The van der Waals surface area contributed by atoms with E-state index in [1.165, 1.54) is 6.07 Å². The molecule has 4 heteroatoms. The molecular formula is C18H27FN2O. The number of hydrogen-bond donors (Lipinski definition) is 1. The molecule has 3 nitrogen and oxygen atoms in total. The Morgan fingerprint density at radius 1 is 1.32 bits per heavy atom. The molecule has 122 valence electrons. The Hall–Kier alpha value is -1.42. The molecule has 0 saturated carbocycles. The average Bonchev–Trinajstić information content (AvgIpc) is 2.50. The van der Waals surface area contributed by atoms with Gasteiger partial charge in [0.2, 0.25) is 5.91 Å². The fourth-order valence-corrected chi connectivity index (χ4v) is 2.85. The standard InChI is InChI=1S/C18H27FN2O/c1-14(2)7-10-20-18(22)15-8-11-21(12-9-15)13-16-5-3-4-6-17(16)19/h3-6,14-15H,7-13H2,1-2H3,(H,20,22). The van der Waals surface area contributed by atoms with Gasteiger partial charge < -0.3 is 5.32 Å². The summed E-state index contributed by atoms with van der Waals surface area (Å²) in [7, 11) is 0. The monoisotopic (exact) mass is 306 g/mol. The quantitative estimate of drug-likeness (QED) is 0.875. The molecule has 0 spiro atoms. The molecule has 0 unspecified atom stereocenters. The van der Waals surface area contributed by atoms with E-state index in [1.807, 2.05) is 12.1 Å². The van der Waals surface area contributed by atoms with Gasteiger partial charge in [-0.2, -0.15) is 0 Å². The summed E-state index contributed by atoms with van der Waals surface area (Å²) in [6, 6.07) is 6.92. The molecule has 2 rings (SSSR count). The molecule has 1 aromatic carbocycles. The number of piperidine rings is 1. The summed E-state index contributed by atoms with van der Waals surface area (Å²) in [5, 5.41) is 3.04. The number of nitrogens with one attached hydrogen (secondary N) is 1. The molecule has 0 radical (unpaired) electrons. The number of amides is 1. The molecule has 1 saturated heterocycles. The molecule has 1 heterocycles. The first-order valence-corrected chi connectivity index (χ1v) is 8.29. The minimum atomic E-state index is -0.143. The highest BCUT2D eigenvalue weighted by Gasteiger charge is 2.25. The Labute approximate surface area is 132 Å². The van der Waals surface area contributed by atoms with Crippen LogP contribution in [0, 0.1) is 17.7 Å². The van der Waals surface area contributed by atoms with Crippen molar-refractivity contribution in [2.24, 2.45) is 11.8 Å². The number of nitrogens with zero attached hydrogens (tertiary/aromatic N) is 1. The maximum Gasteiger partial charge on any atom is 0.223 e. The van der Waals surface area contributed by atoms with E-state index >= 15 is 0 Å². The maximum atomic E-state index is 13.7. The van der Waals surface area contributed by atoms with Crippen LogP contribution in [-0.4, -0.2) is 30.4 Å². The molecule has 0 bridgehead atoms. The minimum absolute atomic E-state index is 0.115. The Kier molecular flexibility index (Phi) is 6.37. The minimum Gasteiger partial charge on any atom is -0.356 e. The molecular weight excluding hydrogens is 279 g/mol. The van der Waals surface area contributed by atoms with Crippen molar-refractivity contribution in [3.05, 3.63) is 35.6 Å². The number of likely N-dealkylation sites (tertiary alicyclic amines) is 1. The predicted molar refractivity (Wildman–Crippen MR) is 86.9 cm³/mol. The number of rotatable bonds is 6. The fourth-order valence-electron chi connectivity index (χ4n) is 2.85. The van der Waals surface area contributed by atoms with Crippen molar-refractivity contribution in [1.82, 2.24) is 10.2 Å². The lowest BCUT2D eigenvalue weighted by Gasteiger charge is -2.31. The first kappa shape index (κ1) is 16.9. The largest absolute Gasteiger partial charge is 0.356 e. The van der Waals surface area contributed by atoms with Crippen LogP contribution >= 0.6 is 0 Å². The van der Waals surface area contributed by atoms with Crippen molar-refractivity contribution >= 4 is 5.91 Å². The summed E-state index contributed by atoms with van der Waals surface area (Å²) in [6.07, 6.45) is 2.75. The first-order chi connectivity index (χ1) is 10.6. The fraction of sp³-hybridized carbons (Fsp3) is 0.611. The van der Waals surface area contributed by atoms with Crippen LogP contribution in [-0.2, 0) is 11.3 Å². The van der Waals surface area contributed by atoms with Gasteiger partial charge in [-0.15, -0.1) is 0 Å². The van der Waals surface area contributed by atoms with Crippen LogP contribution < -0.4 is 5.32 Å². The van der Waals surface area contributed by atoms with E-state index in [1.54, 1.807) is 6.07 Å². The summed E-state index contributed by atoms with van der Waals surface area (Å²) in [5.41, 5.74) is 0.738. The van der Waals surface area contributed by atoms with Crippen molar-refractivity contribution in [3.63, 3.8) is 0 Å². The summed E-state index contributed by atoms with van der Waals surface area (Å²) >= 11 is 0. The van der Waals surface area contributed by atoms with Gasteiger partial charge in [0, 0.05) is 24.6 Å². The van der Waals surface area contributed by atoms with E-state index in [2.05, 4.69) is 24.1 Å². The Balaban J connectivity index is 1.73. The molecule has 1 aliphatic rings. The Morgan fingerprint density at radius 2 is 2.00 bits per heavy atom. The van der Waals surface area contributed by atoms with Gasteiger partial charge in [0.05, 0.1) is 0 Å². The number of carbonyl (C=O) groups is 1. The van der Waals surface area contributed by atoms with E-state index in [0.29, 0.717) is 12.5 Å². The highest BCUT2D eigenvalue weighted by Crippen LogP contribution is 2.20. The molecule has 0 aromatic heterocycles. The van der Waals surface area contributed by atoms with Gasteiger partial charge in [-0.1, -0.05) is 32.0 Å². The third-order valence-electron chi connectivity index (χ3n) is 4.33. The smallest absolute Gasteiger partial charge is 0.223 e.